The Hall–Kier alpha value is -2.84. The third kappa shape index (κ3) is 4.84. The van der Waals surface area contributed by atoms with Crippen molar-refractivity contribution in [2.24, 2.45) is 0 Å². The van der Waals surface area contributed by atoms with E-state index >= 15 is 0 Å². The van der Waals surface area contributed by atoms with Crippen LogP contribution in [-0.4, -0.2) is 11.1 Å². The molecular weight excluding hydrogens is 344 g/mol. The van der Waals surface area contributed by atoms with Crippen LogP contribution in [0.15, 0.2) is 84.9 Å². The van der Waals surface area contributed by atoms with Gasteiger partial charge in [-0.25, -0.2) is 4.79 Å². The third-order valence-electron chi connectivity index (χ3n) is 4.26. The summed E-state index contributed by atoms with van der Waals surface area (Å²) in [5, 5.41) is 9.92. The molecule has 3 heteroatoms. The zero-order valence-corrected chi connectivity index (χ0v) is 15.0. The first-order valence-electron chi connectivity index (χ1n) is 8.45. The molecule has 0 saturated carbocycles. The normalized spacial score (nSPS) is 11.3. The molecule has 0 amide bonds. The summed E-state index contributed by atoms with van der Waals surface area (Å²) < 4.78 is 0. The quantitative estimate of drug-likeness (QED) is 0.537. The Balaban J connectivity index is 1.79. The molecule has 0 bridgehead atoms. The van der Waals surface area contributed by atoms with E-state index in [0.29, 0.717) is 11.4 Å². The van der Waals surface area contributed by atoms with E-state index in [1.807, 2.05) is 66.7 Å². The number of carboxylic acid groups (broad SMARTS) is 1. The molecular formula is C23H19ClO2. The topological polar surface area (TPSA) is 37.3 Å². The number of aryl methyl sites for hydroxylation is 1. The lowest BCUT2D eigenvalue weighted by molar-refractivity contribution is -0.131. The van der Waals surface area contributed by atoms with E-state index in [0.717, 1.165) is 34.2 Å². The summed E-state index contributed by atoms with van der Waals surface area (Å²) in [7, 11) is 0. The van der Waals surface area contributed by atoms with E-state index in [1.165, 1.54) is 6.08 Å². The number of aliphatic carboxylic acids is 1. The second-order valence-corrected chi connectivity index (χ2v) is 6.51. The minimum atomic E-state index is -0.928. The van der Waals surface area contributed by atoms with Gasteiger partial charge in [0.05, 0.1) is 0 Å². The second kappa shape index (κ2) is 8.50. The summed E-state index contributed by atoms with van der Waals surface area (Å²) in [6, 6.07) is 25.8. The van der Waals surface area contributed by atoms with Gasteiger partial charge in [-0.1, -0.05) is 78.3 Å². The molecule has 0 heterocycles. The molecule has 130 valence electrons. The summed E-state index contributed by atoms with van der Waals surface area (Å²) in [5.41, 5.74) is 5.13. The van der Waals surface area contributed by atoms with Crippen LogP contribution >= 0.6 is 11.6 Å². The van der Waals surface area contributed by atoms with Gasteiger partial charge in [-0.3, -0.25) is 0 Å². The van der Waals surface area contributed by atoms with Crippen molar-refractivity contribution in [1.29, 1.82) is 0 Å². The molecule has 0 aromatic heterocycles. The molecule has 0 aliphatic rings. The van der Waals surface area contributed by atoms with Gasteiger partial charge in [-0.05, 0) is 52.8 Å². The Bertz CT molecular complexity index is 895. The highest BCUT2D eigenvalue weighted by molar-refractivity contribution is 6.30. The molecule has 0 aliphatic carbocycles. The highest BCUT2D eigenvalue weighted by Gasteiger charge is 2.06. The van der Waals surface area contributed by atoms with E-state index in [-0.39, 0.29) is 0 Å². The molecule has 3 rings (SSSR count). The fraction of sp³-hybridized carbons (Fsp3) is 0.0870. The van der Waals surface area contributed by atoms with Crippen molar-refractivity contribution in [2.75, 3.05) is 0 Å². The highest BCUT2D eigenvalue weighted by Crippen LogP contribution is 2.25. The predicted molar refractivity (Wildman–Crippen MR) is 107 cm³/mol. The van der Waals surface area contributed by atoms with E-state index in [1.54, 1.807) is 0 Å². The van der Waals surface area contributed by atoms with Crippen LogP contribution in [0, 0.1) is 0 Å². The zero-order valence-electron chi connectivity index (χ0n) is 14.2. The summed E-state index contributed by atoms with van der Waals surface area (Å²) >= 11 is 5.92. The van der Waals surface area contributed by atoms with Gasteiger partial charge in [-0.15, -0.1) is 0 Å². The maximum absolute atomic E-state index is 11.2. The lowest BCUT2D eigenvalue weighted by Crippen LogP contribution is -1.95. The fourth-order valence-corrected chi connectivity index (χ4v) is 3.01. The van der Waals surface area contributed by atoms with E-state index < -0.39 is 5.97 Å². The van der Waals surface area contributed by atoms with Crippen LogP contribution in [0.4, 0.5) is 0 Å². The van der Waals surface area contributed by atoms with Crippen molar-refractivity contribution in [2.45, 2.75) is 12.8 Å². The number of carboxylic acids is 1. The molecule has 26 heavy (non-hydrogen) atoms. The average Bonchev–Trinajstić information content (AvgIpc) is 2.67. The first kappa shape index (κ1) is 18.0. The van der Waals surface area contributed by atoms with Gasteiger partial charge in [-0.2, -0.15) is 0 Å². The summed E-state index contributed by atoms with van der Waals surface area (Å²) in [5.74, 6) is -0.928. The fourth-order valence-electron chi connectivity index (χ4n) is 2.89. The van der Waals surface area contributed by atoms with Crippen LogP contribution < -0.4 is 0 Å². The first-order chi connectivity index (χ1) is 12.6. The van der Waals surface area contributed by atoms with Gasteiger partial charge >= 0.3 is 5.97 Å². The first-order valence-corrected chi connectivity index (χ1v) is 8.83. The van der Waals surface area contributed by atoms with Gasteiger partial charge in [0.25, 0.3) is 0 Å². The van der Waals surface area contributed by atoms with Crippen molar-refractivity contribution in [3.8, 4) is 11.1 Å². The average molecular weight is 363 g/mol. The highest BCUT2D eigenvalue weighted by atomic mass is 35.5. The van der Waals surface area contributed by atoms with Crippen LogP contribution in [0.1, 0.15) is 17.5 Å². The molecule has 1 N–H and O–H groups in total. The number of rotatable bonds is 6. The van der Waals surface area contributed by atoms with Crippen LogP contribution in [0.2, 0.25) is 5.02 Å². The molecule has 3 aromatic rings. The largest absolute Gasteiger partial charge is 0.478 e. The zero-order chi connectivity index (χ0) is 18.4. The molecule has 0 radical (unpaired) electrons. The SMILES string of the molecule is O=C(O)/C=C(/CCc1ccc(Cl)cc1)c1ccc(-c2ccccc2)cc1. The number of hydrogen-bond acceptors (Lipinski definition) is 1. The van der Waals surface area contributed by atoms with Gasteiger partial charge < -0.3 is 5.11 Å². The number of halogens is 1. The van der Waals surface area contributed by atoms with E-state index in [9.17, 15) is 9.90 Å². The minimum Gasteiger partial charge on any atom is -0.478 e. The molecule has 0 atom stereocenters. The summed E-state index contributed by atoms with van der Waals surface area (Å²) in [6.45, 7) is 0. The Morgan fingerprint density at radius 1 is 0.846 bits per heavy atom. The Morgan fingerprint density at radius 2 is 1.46 bits per heavy atom. The summed E-state index contributed by atoms with van der Waals surface area (Å²) in [6.07, 6.45) is 2.71. The van der Waals surface area contributed by atoms with Crippen LogP contribution in [0.3, 0.4) is 0 Å². The summed E-state index contributed by atoms with van der Waals surface area (Å²) in [4.78, 5) is 11.2. The maximum Gasteiger partial charge on any atom is 0.328 e. The number of carbonyl (C=O) groups is 1. The van der Waals surface area contributed by atoms with Gasteiger partial charge in [0, 0.05) is 11.1 Å². The van der Waals surface area contributed by atoms with Crippen molar-refractivity contribution < 1.29 is 9.90 Å². The Morgan fingerprint density at radius 3 is 2.08 bits per heavy atom. The van der Waals surface area contributed by atoms with Gasteiger partial charge in [0.15, 0.2) is 0 Å². The van der Waals surface area contributed by atoms with Crippen molar-refractivity contribution in [1.82, 2.24) is 0 Å². The lowest BCUT2D eigenvalue weighted by atomic mass is 9.96. The maximum atomic E-state index is 11.2. The number of hydrogen-bond donors (Lipinski definition) is 1. The molecule has 0 fully saturated rings. The standard InChI is InChI=1S/C23H19ClO2/c24-22-14-7-17(8-15-22)6-9-21(16-23(25)26)20-12-10-19(11-13-20)18-4-2-1-3-5-18/h1-5,7-8,10-16H,6,9H2,(H,25,26)/b21-16-. The van der Waals surface area contributed by atoms with Gasteiger partial charge in [0.1, 0.15) is 0 Å². The van der Waals surface area contributed by atoms with Gasteiger partial charge in [0.2, 0.25) is 0 Å². The van der Waals surface area contributed by atoms with Crippen LogP contribution in [-0.2, 0) is 11.2 Å². The molecule has 3 aromatic carbocycles. The predicted octanol–water partition coefficient (Wildman–Crippen LogP) is 6.11. The Labute approximate surface area is 158 Å². The Kier molecular flexibility index (Phi) is 5.88. The van der Waals surface area contributed by atoms with Crippen molar-refractivity contribution in [3.05, 3.63) is 101 Å². The second-order valence-electron chi connectivity index (χ2n) is 6.08. The number of benzene rings is 3. The minimum absolute atomic E-state index is 0.651. The van der Waals surface area contributed by atoms with E-state index in [4.69, 9.17) is 11.6 Å². The molecule has 0 aliphatic heterocycles. The molecule has 2 nitrogen and oxygen atoms in total. The van der Waals surface area contributed by atoms with Crippen molar-refractivity contribution >= 4 is 23.1 Å². The number of allylic oxidation sites excluding steroid dienone is 1. The van der Waals surface area contributed by atoms with Crippen molar-refractivity contribution in [3.63, 3.8) is 0 Å². The third-order valence-corrected chi connectivity index (χ3v) is 4.51. The smallest absolute Gasteiger partial charge is 0.328 e. The molecule has 0 saturated heterocycles. The van der Waals surface area contributed by atoms with Crippen LogP contribution in [0.5, 0.6) is 0 Å². The molecule has 0 unspecified atom stereocenters. The lowest BCUT2D eigenvalue weighted by Gasteiger charge is -2.09. The van der Waals surface area contributed by atoms with Crippen LogP contribution in [0.25, 0.3) is 16.7 Å². The van der Waals surface area contributed by atoms with E-state index in [2.05, 4.69) is 12.1 Å². The monoisotopic (exact) mass is 362 g/mol. The molecule has 0 spiro atoms.